The van der Waals surface area contributed by atoms with E-state index in [1.807, 2.05) is 43.0 Å². The topological polar surface area (TPSA) is 52.7 Å². The number of halogens is 4. The van der Waals surface area contributed by atoms with E-state index in [4.69, 9.17) is 0 Å². The van der Waals surface area contributed by atoms with Crippen LogP contribution in [0.5, 0.6) is 0 Å². The fraction of sp³-hybridized carbons (Fsp3) is 0.391. The van der Waals surface area contributed by atoms with Crippen molar-refractivity contribution in [3.63, 3.8) is 0 Å². The molecule has 2 heterocycles. The van der Waals surface area contributed by atoms with Gasteiger partial charge in [0.25, 0.3) is 5.91 Å². The molecule has 2 aliphatic rings. The van der Waals surface area contributed by atoms with Crippen molar-refractivity contribution in [3.8, 4) is 0 Å². The third kappa shape index (κ3) is 3.69. The normalized spacial score (nSPS) is 20.6. The summed E-state index contributed by atoms with van der Waals surface area (Å²) in [5.41, 5.74) is -0.495. The van der Waals surface area contributed by atoms with E-state index in [-0.39, 0.29) is 30.7 Å². The van der Waals surface area contributed by atoms with E-state index in [0.29, 0.717) is 25.0 Å². The molecule has 5 nitrogen and oxygen atoms in total. The standard InChI is InChI=1S/C23H23F4N3O2/c1-14-5-3-4-6-19(14)30-15(2)28-21(32)22(30)7-9-29(10-8-22)20(31)16-11-17(23(25,26)27)13-18(24)12-16/h3-6,11-13,15H,7-10H2,1-2H3,(H,28,32). The van der Waals surface area contributed by atoms with Crippen LogP contribution in [0.2, 0.25) is 0 Å². The van der Waals surface area contributed by atoms with Crippen molar-refractivity contribution in [1.29, 1.82) is 0 Å². The predicted molar refractivity (Wildman–Crippen MR) is 111 cm³/mol. The first kappa shape index (κ1) is 22.1. The number of para-hydroxylation sites is 1. The maximum atomic E-state index is 13.8. The Hall–Kier alpha value is -3.10. The summed E-state index contributed by atoms with van der Waals surface area (Å²) in [5, 5.41) is 2.97. The first-order valence-corrected chi connectivity index (χ1v) is 10.4. The quantitative estimate of drug-likeness (QED) is 0.703. The summed E-state index contributed by atoms with van der Waals surface area (Å²) in [5.74, 6) is -1.93. The van der Waals surface area contributed by atoms with Crippen LogP contribution in [-0.2, 0) is 11.0 Å². The summed E-state index contributed by atoms with van der Waals surface area (Å²) in [7, 11) is 0. The van der Waals surface area contributed by atoms with Gasteiger partial charge in [-0.05, 0) is 56.5 Å². The highest BCUT2D eigenvalue weighted by Gasteiger charge is 2.53. The molecule has 2 aliphatic heterocycles. The third-order valence-corrected chi connectivity index (χ3v) is 6.34. The van der Waals surface area contributed by atoms with Crippen LogP contribution in [0, 0.1) is 12.7 Å². The van der Waals surface area contributed by atoms with Gasteiger partial charge in [0.05, 0.1) is 11.7 Å². The number of hydrogen-bond acceptors (Lipinski definition) is 3. The Labute approximate surface area is 183 Å². The summed E-state index contributed by atoms with van der Waals surface area (Å²) >= 11 is 0. The molecule has 1 unspecified atom stereocenters. The van der Waals surface area contributed by atoms with Gasteiger partial charge in [0.1, 0.15) is 11.4 Å². The van der Waals surface area contributed by atoms with Gasteiger partial charge >= 0.3 is 6.18 Å². The molecule has 0 aliphatic carbocycles. The van der Waals surface area contributed by atoms with Gasteiger partial charge in [0.2, 0.25) is 5.91 Å². The van der Waals surface area contributed by atoms with Crippen LogP contribution in [0.4, 0.5) is 23.2 Å². The molecule has 170 valence electrons. The van der Waals surface area contributed by atoms with E-state index in [2.05, 4.69) is 5.32 Å². The van der Waals surface area contributed by atoms with Crippen molar-refractivity contribution in [2.75, 3.05) is 18.0 Å². The molecule has 2 amide bonds. The minimum atomic E-state index is -4.75. The number of nitrogens with zero attached hydrogens (tertiary/aromatic N) is 2. The van der Waals surface area contributed by atoms with Gasteiger partial charge in [-0.25, -0.2) is 4.39 Å². The van der Waals surface area contributed by atoms with E-state index >= 15 is 0 Å². The van der Waals surface area contributed by atoms with Gasteiger partial charge in [0.15, 0.2) is 0 Å². The van der Waals surface area contributed by atoms with Crippen molar-refractivity contribution in [2.24, 2.45) is 0 Å². The number of carbonyl (C=O) groups is 2. The number of rotatable bonds is 2. The van der Waals surface area contributed by atoms with Gasteiger partial charge in [0, 0.05) is 24.3 Å². The Kier molecular flexibility index (Phi) is 5.38. The highest BCUT2D eigenvalue weighted by molar-refractivity contribution is 5.97. The Morgan fingerprint density at radius 2 is 1.78 bits per heavy atom. The second-order valence-electron chi connectivity index (χ2n) is 8.36. The zero-order valence-electron chi connectivity index (χ0n) is 17.7. The fourth-order valence-electron chi connectivity index (χ4n) is 4.75. The van der Waals surface area contributed by atoms with Gasteiger partial charge in [-0.2, -0.15) is 13.2 Å². The Morgan fingerprint density at radius 3 is 2.41 bits per heavy atom. The average Bonchev–Trinajstić information content (AvgIpc) is 2.96. The largest absolute Gasteiger partial charge is 0.416 e. The molecular formula is C23H23F4N3O2. The zero-order valence-corrected chi connectivity index (χ0v) is 17.7. The first-order chi connectivity index (χ1) is 15.0. The van der Waals surface area contributed by atoms with Gasteiger partial charge in [-0.3, -0.25) is 9.59 Å². The number of anilines is 1. The lowest BCUT2D eigenvalue weighted by molar-refractivity contribution is -0.137. The predicted octanol–water partition coefficient (Wildman–Crippen LogP) is 4.11. The van der Waals surface area contributed by atoms with E-state index in [0.717, 1.165) is 17.3 Å². The number of nitrogens with one attached hydrogen (secondary N) is 1. The van der Waals surface area contributed by atoms with Crippen LogP contribution in [-0.4, -0.2) is 41.5 Å². The molecule has 2 aromatic carbocycles. The maximum Gasteiger partial charge on any atom is 0.416 e. The van der Waals surface area contributed by atoms with Gasteiger partial charge < -0.3 is 15.1 Å². The SMILES string of the molecule is Cc1ccccc1N1C(C)NC(=O)C12CCN(C(=O)c1cc(F)cc(C(F)(F)F)c1)CC2. The minimum Gasteiger partial charge on any atom is -0.338 e. The van der Waals surface area contributed by atoms with Crippen molar-refractivity contribution < 1.29 is 27.2 Å². The molecule has 0 saturated carbocycles. The zero-order chi connectivity index (χ0) is 23.3. The van der Waals surface area contributed by atoms with Crippen LogP contribution in [0.15, 0.2) is 42.5 Å². The second kappa shape index (κ2) is 7.79. The van der Waals surface area contributed by atoms with Gasteiger partial charge in [-0.15, -0.1) is 0 Å². The highest BCUT2D eigenvalue weighted by Crippen LogP contribution is 2.40. The maximum absolute atomic E-state index is 13.8. The van der Waals surface area contributed by atoms with Crippen LogP contribution >= 0.6 is 0 Å². The molecule has 2 saturated heterocycles. The molecular weight excluding hydrogens is 426 g/mol. The molecule has 4 rings (SSSR count). The molecule has 1 N–H and O–H groups in total. The molecule has 1 atom stereocenters. The van der Waals surface area contributed by atoms with Crippen LogP contribution in [0.25, 0.3) is 0 Å². The number of alkyl halides is 3. The minimum absolute atomic E-state index is 0.134. The number of aryl methyl sites for hydroxylation is 1. The number of piperidine rings is 1. The lowest BCUT2D eigenvalue weighted by atomic mass is 9.85. The molecule has 2 aromatic rings. The summed E-state index contributed by atoms with van der Waals surface area (Å²) < 4.78 is 52.9. The third-order valence-electron chi connectivity index (χ3n) is 6.34. The van der Waals surface area contributed by atoms with Crippen LogP contribution < -0.4 is 10.2 Å². The molecule has 32 heavy (non-hydrogen) atoms. The lowest BCUT2D eigenvalue weighted by Crippen LogP contribution is -2.58. The molecule has 2 fully saturated rings. The van der Waals surface area contributed by atoms with E-state index < -0.39 is 29.0 Å². The Balaban J connectivity index is 1.58. The second-order valence-corrected chi connectivity index (χ2v) is 8.36. The molecule has 0 bridgehead atoms. The number of amides is 2. The number of hydrogen-bond donors (Lipinski definition) is 1. The summed E-state index contributed by atoms with van der Waals surface area (Å²) in [6.07, 6.45) is -4.38. The molecule has 0 aromatic heterocycles. The lowest BCUT2D eigenvalue weighted by Gasteiger charge is -2.45. The van der Waals surface area contributed by atoms with Gasteiger partial charge in [-0.1, -0.05) is 18.2 Å². The van der Waals surface area contributed by atoms with Crippen LogP contribution in [0.3, 0.4) is 0 Å². The smallest absolute Gasteiger partial charge is 0.338 e. The Bertz CT molecular complexity index is 1060. The molecule has 0 radical (unpaired) electrons. The first-order valence-electron chi connectivity index (χ1n) is 10.4. The number of likely N-dealkylation sites (tertiary alicyclic amines) is 1. The fourth-order valence-corrected chi connectivity index (χ4v) is 4.75. The average molecular weight is 449 g/mol. The number of benzene rings is 2. The van der Waals surface area contributed by atoms with Crippen molar-refractivity contribution in [2.45, 2.75) is 44.6 Å². The van der Waals surface area contributed by atoms with E-state index in [1.165, 1.54) is 4.90 Å². The molecule has 9 heteroatoms. The summed E-state index contributed by atoms with van der Waals surface area (Å²) in [4.78, 5) is 29.3. The van der Waals surface area contributed by atoms with E-state index in [1.54, 1.807) is 0 Å². The highest BCUT2D eigenvalue weighted by atomic mass is 19.4. The van der Waals surface area contributed by atoms with Crippen molar-refractivity contribution >= 4 is 17.5 Å². The van der Waals surface area contributed by atoms with E-state index in [9.17, 15) is 27.2 Å². The summed E-state index contributed by atoms with van der Waals surface area (Å²) in [6, 6.07) is 9.55. The van der Waals surface area contributed by atoms with Crippen molar-refractivity contribution in [3.05, 3.63) is 65.0 Å². The monoisotopic (exact) mass is 449 g/mol. The van der Waals surface area contributed by atoms with Crippen molar-refractivity contribution in [1.82, 2.24) is 10.2 Å². The van der Waals surface area contributed by atoms with Crippen LogP contribution in [0.1, 0.15) is 41.3 Å². The number of carbonyl (C=O) groups excluding carboxylic acids is 2. The molecule has 1 spiro atoms. The Morgan fingerprint density at radius 1 is 1.12 bits per heavy atom. The summed E-state index contributed by atoms with van der Waals surface area (Å²) in [6.45, 7) is 4.18.